The van der Waals surface area contributed by atoms with Crippen LogP contribution < -0.4 is 16.0 Å². The van der Waals surface area contributed by atoms with E-state index in [0.29, 0.717) is 23.2 Å². The molecule has 4 aliphatic heterocycles. The highest BCUT2D eigenvalue weighted by molar-refractivity contribution is 6.23. The Kier molecular flexibility index (Phi) is 4.59. The van der Waals surface area contributed by atoms with Gasteiger partial charge in [-0.3, -0.25) is 34.3 Å². The number of carbonyl (C=O) groups excluding carboxylic acids is 4. The minimum absolute atomic E-state index is 0.117. The second-order valence-electron chi connectivity index (χ2n) is 8.61. The minimum Gasteiger partial charge on any atom is -0.371 e. The fraction of sp³-hybridized carbons (Fsp3) is 0.524. The fourth-order valence-corrected chi connectivity index (χ4v) is 4.99. The van der Waals surface area contributed by atoms with Crippen molar-refractivity contribution >= 4 is 29.3 Å². The molecule has 3 fully saturated rings. The maximum absolute atomic E-state index is 13.0. The average molecular weight is 411 g/mol. The Morgan fingerprint density at radius 3 is 2.30 bits per heavy atom. The number of piperidine rings is 2. The second kappa shape index (κ2) is 7.17. The highest BCUT2D eigenvalue weighted by Gasteiger charge is 2.44. The van der Waals surface area contributed by atoms with E-state index >= 15 is 0 Å². The van der Waals surface area contributed by atoms with Crippen molar-refractivity contribution in [3.8, 4) is 0 Å². The van der Waals surface area contributed by atoms with Gasteiger partial charge in [-0.05, 0) is 37.5 Å². The van der Waals surface area contributed by atoms with E-state index in [1.807, 2.05) is 6.07 Å². The summed E-state index contributed by atoms with van der Waals surface area (Å²) in [5, 5.41) is 2.22. The van der Waals surface area contributed by atoms with Crippen LogP contribution in [0.5, 0.6) is 0 Å². The Labute approximate surface area is 174 Å². The average Bonchev–Trinajstić information content (AvgIpc) is 2.96. The molecule has 0 bridgehead atoms. The number of benzene rings is 1. The number of likely N-dealkylation sites (tertiary alicyclic amines) is 1. The molecular formula is C21H25N5O4. The predicted molar refractivity (Wildman–Crippen MR) is 108 cm³/mol. The van der Waals surface area contributed by atoms with Gasteiger partial charge in [0.1, 0.15) is 6.04 Å². The molecule has 3 N–H and O–H groups in total. The Morgan fingerprint density at radius 1 is 0.933 bits per heavy atom. The predicted octanol–water partition coefficient (Wildman–Crippen LogP) is -0.300. The molecule has 1 atom stereocenters. The molecule has 0 radical (unpaired) electrons. The zero-order valence-corrected chi connectivity index (χ0v) is 16.7. The van der Waals surface area contributed by atoms with Crippen molar-refractivity contribution in [2.45, 2.75) is 43.8 Å². The molecule has 3 saturated heterocycles. The van der Waals surface area contributed by atoms with Crippen molar-refractivity contribution in [2.75, 3.05) is 31.1 Å². The van der Waals surface area contributed by atoms with Gasteiger partial charge in [0, 0.05) is 50.4 Å². The number of imide groups is 2. The second-order valence-corrected chi connectivity index (χ2v) is 8.61. The van der Waals surface area contributed by atoms with Gasteiger partial charge in [0.15, 0.2) is 0 Å². The van der Waals surface area contributed by atoms with Crippen molar-refractivity contribution < 1.29 is 19.2 Å². The van der Waals surface area contributed by atoms with Crippen LogP contribution in [0.15, 0.2) is 18.2 Å². The first kappa shape index (κ1) is 19.2. The summed E-state index contributed by atoms with van der Waals surface area (Å²) in [5.41, 5.74) is 7.46. The number of carbonyl (C=O) groups is 4. The number of hydrogen-bond acceptors (Lipinski definition) is 7. The van der Waals surface area contributed by atoms with Crippen LogP contribution in [0.3, 0.4) is 0 Å². The van der Waals surface area contributed by atoms with Crippen molar-refractivity contribution in [3.63, 3.8) is 0 Å². The number of nitrogens with two attached hydrogens (primary N) is 1. The highest BCUT2D eigenvalue weighted by Crippen LogP contribution is 2.32. The van der Waals surface area contributed by atoms with Gasteiger partial charge in [-0.15, -0.1) is 0 Å². The van der Waals surface area contributed by atoms with Gasteiger partial charge >= 0.3 is 0 Å². The number of amides is 4. The molecule has 4 aliphatic rings. The lowest BCUT2D eigenvalue weighted by atomic mass is 9.97. The summed E-state index contributed by atoms with van der Waals surface area (Å²) >= 11 is 0. The molecule has 1 unspecified atom stereocenters. The summed E-state index contributed by atoms with van der Waals surface area (Å²) < 4.78 is 0. The zero-order valence-electron chi connectivity index (χ0n) is 16.7. The van der Waals surface area contributed by atoms with E-state index in [9.17, 15) is 19.2 Å². The smallest absolute Gasteiger partial charge is 0.262 e. The molecule has 0 spiro atoms. The summed E-state index contributed by atoms with van der Waals surface area (Å²) in [6.45, 7) is 3.70. The number of nitrogens with zero attached hydrogens (tertiary/aromatic N) is 3. The molecule has 4 amide bonds. The Bertz CT molecular complexity index is 933. The standard InChI is InChI=1S/C21H25N5O4/c22-12-10-25(11-12)13-5-7-24(8-6-13)14-1-2-15-16(9-14)21(30)26(20(15)29)17-3-4-18(27)23-19(17)28/h1-2,9,12-13,17H,3-8,10-11,22H2,(H,23,27,28). The Balaban J connectivity index is 1.30. The summed E-state index contributed by atoms with van der Waals surface area (Å²) in [5.74, 6) is -1.90. The van der Waals surface area contributed by atoms with E-state index < -0.39 is 23.8 Å². The van der Waals surface area contributed by atoms with Crippen LogP contribution >= 0.6 is 0 Å². The number of nitrogens with one attached hydrogen (secondary N) is 1. The van der Waals surface area contributed by atoms with E-state index in [1.54, 1.807) is 12.1 Å². The molecule has 1 aromatic rings. The van der Waals surface area contributed by atoms with E-state index in [-0.39, 0.29) is 18.7 Å². The molecule has 158 valence electrons. The first-order valence-corrected chi connectivity index (χ1v) is 10.5. The SMILES string of the molecule is NC1CN(C2CCN(c3ccc4c(c3)C(=O)N(C3CCC(=O)NC3=O)C4=O)CC2)C1. The molecule has 30 heavy (non-hydrogen) atoms. The number of hydrogen-bond donors (Lipinski definition) is 2. The first-order valence-electron chi connectivity index (χ1n) is 10.5. The lowest BCUT2D eigenvalue weighted by Gasteiger charge is -2.46. The van der Waals surface area contributed by atoms with Crippen LogP contribution in [0.4, 0.5) is 5.69 Å². The molecular weight excluding hydrogens is 386 g/mol. The lowest BCUT2D eigenvalue weighted by Crippen LogP contribution is -2.61. The van der Waals surface area contributed by atoms with Crippen LogP contribution in [0.1, 0.15) is 46.4 Å². The summed E-state index contributed by atoms with van der Waals surface area (Å²) in [4.78, 5) is 55.1. The largest absolute Gasteiger partial charge is 0.371 e. The lowest BCUT2D eigenvalue weighted by molar-refractivity contribution is -0.136. The third-order valence-corrected chi connectivity index (χ3v) is 6.71. The maximum atomic E-state index is 13.0. The first-order chi connectivity index (χ1) is 14.4. The van der Waals surface area contributed by atoms with Crippen LogP contribution in [-0.2, 0) is 9.59 Å². The summed E-state index contributed by atoms with van der Waals surface area (Å²) in [6.07, 6.45) is 2.36. The quantitative estimate of drug-likeness (QED) is 0.656. The molecule has 0 saturated carbocycles. The van der Waals surface area contributed by atoms with Crippen LogP contribution in [0.2, 0.25) is 0 Å². The monoisotopic (exact) mass is 411 g/mol. The molecule has 0 aromatic heterocycles. The molecule has 0 aliphatic carbocycles. The fourth-order valence-electron chi connectivity index (χ4n) is 4.99. The van der Waals surface area contributed by atoms with Gasteiger partial charge < -0.3 is 10.6 Å². The van der Waals surface area contributed by atoms with Crippen LogP contribution in [0, 0.1) is 0 Å². The highest BCUT2D eigenvalue weighted by atomic mass is 16.2. The van der Waals surface area contributed by atoms with E-state index in [0.717, 1.165) is 49.6 Å². The van der Waals surface area contributed by atoms with Gasteiger partial charge in [0.2, 0.25) is 11.8 Å². The maximum Gasteiger partial charge on any atom is 0.262 e. The Hall–Kier alpha value is -2.78. The van der Waals surface area contributed by atoms with Crippen molar-refractivity contribution in [1.82, 2.24) is 15.1 Å². The van der Waals surface area contributed by atoms with Crippen LogP contribution in [0.25, 0.3) is 0 Å². The molecule has 5 rings (SSSR count). The molecule has 9 heteroatoms. The molecule has 9 nitrogen and oxygen atoms in total. The van der Waals surface area contributed by atoms with Gasteiger partial charge in [-0.1, -0.05) is 0 Å². The molecule has 1 aromatic carbocycles. The van der Waals surface area contributed by atoms with Gasteiger partial charge in [0.05, 0.1) is 11.1 Å². The normalized spacial score (nSPS) is 26.1. The van der Waals surface area contributed by atoms with E-state index in [1.165, 1.54) is 0 Å². The zero-order chi connectivity index (χ0) is 21.0. The van der Waals surface area contributed by atoms with Gasteiger partial charge in [-0.25, -0.2) is 0 Å². The van der Waals surface area contributed by atoms with Crippen LogP contribution in [-0.4, -0.2) is 77.7 Å². The number of anilines is 1. The molecule has 4 heterocycles. The topological polar surface area (TPSA) is 116 Å². The number of rotatable bonds is 3. The van der Waals surface area contributed by atoms with Crippen molar-refractivity contribution in [1.29, 1.82) is 0 Å². The van der Waals surface area contributed by atoms with Crippen molar-refractivity contribution in [2.24, 2.45) is 5.73 Å². The Morgan fingerprint density at radius 2 is 1.63 bits per heavy atom. The van der Waals surface area contributed by atoms with Gasteiger partial charge in [-0.2, -0.15) is 0 Å². The van der Waals surface area contributed by atoms with E-state index in [4.69, 9.17) is 5.73 Å². The summed E-state index contributed by atoms with van der Waals surface area (Å²) in [6, 6.07) is 5.24. The van der Waals surface area contributed by atoms with Gasteiger partial charge in [0.25, 0.3) is 11.8 Å². The third kappa shape index (κ3) is 3.09. The number of fused-ring (bicyclic) bond motifs is 1. The third-order valence-electron chi connectivity index (χ3n) is 6.71. The summed E-state index contributed by atoms with van der Waals surface area (Å²) in [7, 11) is 0. The van der Waals surface area contributed by atoms with Crippen molar-refractivity contribution in [3.05, 3.63) is 29.3 Å². The van der Waals surface area contributed by atoms with E-state index in [2.05, 4.69) is 15.1 Å². The minimum atomic E-state index is -0.933.